The first-order valence-electron chi connectivity index (χ1n) is 12.4. The van der Waals surface area contributed by atoms with Crippen molar-refractivity contribution in [2.45, 2.75) is 25.7 Å². The molecule has 8 nitrogen and oxygen atoms in total. The number of nitrogens with zero attached hydrogens (tertiary/aromatic N) is 4. The number of amides is 2. The largest absolute Gasteiger partial charge is 0.273 e. The molecule has 2 aromatic carbocycles. The van der Waals surface area contributed by atoms with Crippen molar-refractivity contribution in [2.75, 3.05) is 0 Å². The normalized spacial score (nSPS) is 11.6. The van der Waals surface area contributed by atoms with Crippen LogP contribution in [0.3, 0.4) is 0 Å². The van der Waals surface area contributed by atoms with E-state index in [1.54, 1.807) is 24.8 Å². The zero-order valence-electron chi connectivity index (χ0n) is 20.8. The van der Waals surface area contributed by atoms with Gasteiger partial charge in [-0.15, -0.1) is 0 Å². The topological polar surface area (TPSA) is 109 Å². The molecule has 190 valence electrons. The van der Waals surface area contributed by atoms with Crippen molar-refractivity contribution in [3.8, 4) is 0 Å². The van der Waals surface area contributed by atoms with Crippen LogP contribution in [0.5, 0.6) is 0 Å². The Hall–Kier alpha value is -4.98. The maximum atomic E-state index is 12.4. The minimum Gasteiger partial charge on any atom is -0.273 e. The minimum atomic E-state index is -0.213. The Bertz CT molecular complexity index is 1180. The van der Waals surface area contributed by atoms with Gasteiger partial charge in [-0.25, -0.2) is 10.9 Å². The number of pyridine rings is 2. The van der Waals surface area contributed by atoms with E-state index in [4.69, 9.17) is 0 Å². The van der Waals surface area contributed by atoms with Crippen LogP contribution in [0.15, 0.2) is 120 Å². The highest BCUT2D eigenvalue weighted by atomic mass is 16.2. The lowest BCUT2D eigenvalue weighted by molar-refractivity contribution is -0.123. The van der Waals surface area contributed by atoms with Crippen LogP contribution in [0.4, 0.5) is 0 Å². The first-order valence-corrected chi connectivity index (χ1v) is 12.4. The number of nitrogens with one attached hydrogen (secondary N) is 2. The van der Waals surface area contributed by atoms with E-state index in [0.717, 1.165) is 22.3 Å². The Labute approximate surface area is 221 Å². The SMILES string of the molecule is O=C(CCCCC(=O)NN=C(c1ccccc1)c1ccncc1)NN=C(c1ccccc1)c1ccncc1. The van der Waals surface area contributed by atoms with Crippen LogP contribution in [0.1, 0.15) is 47.9 Å². The van der Waals surface area contributed by atoms with E-state index < -0.39 is 0 Å². The summed E-state index contributed by atoms with van der Waals surface area (Å²) < 4.78 is 0. The molecule has 0 saturated heterocycles. The van der Waals surface area contributed by atoms with Crippen LogP contribution in [0.25, 0.3) is 0 Å². The molecule has 0 bridgehead atoms. The van der Waals surface area contributed by atoms with Gasteiger partial charge in [0.25, 0.3) is 0 Å². The number of hydrogen-bond donors (Lipinski definition) is 2. The predicted molar refractivity (Wildman–Crippen MR) is 147 cm³/mol. The fourth-order valence-corrected chi connectivity index (χ4v) is 3.72. The molecule has 0 aliphatic heterocycles. The summed E-state index contributed by atoms with van der Waals surface area (Å²) in [4.78, 5) is 32.9. The Morgan fingerprint density at radius 1 is 0.526 bits per heavy atom. The van der Waals surface area contributed by atoms with Crippen molar-refractivity contribution >= 4 is 23.2 Å². The van der Waals surface area contributed by atoms with Gasteiger partial charge in [-0.1, -0.05) is 60.7 Å². The molecule has 0 spiro atoms. The van der Waals surface area contributed by atoms with Gasteiger partial charge in [0.05, 0.1) is 11.4 Å². The second kappa shape index (κ2) is 13.9. The number of unbranched alkanes of at least 4 members (excludes halogenated alkanes) is 1. The van der Waals surface area contributed by atoms with Crippen molar-refractivity contribution in [3.63, 3.8) is 0 Å². The molecule has 8 heteroatoms. The summed E-state index contributed by atoms with van der Waals surface area (Å²) >= 11 is 0. The third-order valence-corrected chi connectivity index (χ3v) is 5.64. The van der Waals surface area contributed by atoms with E-state index in [1.165, 1.54) is 0 Å². The highest BCUT2D eigenvalue weighted by Crippen LogP contribution is 2.11. The molecule has 0 fully saturated rings. The first kappa shape index (κ1) is 26.1. The van der Waals surface area contributed by atoms with Crippen molar-refractivity contribution in [3.05, 3.63) is 132 Å². The predicted octanol–water partition coefficient (Wildman–Crippen LogP) is 4.47. The molecule has 2 amide bonds. The van der Waals surface area contributed by atoms with Gasteiger partial charge >= 0.3 is 0 Å². The molecule has 0 saturated carbocycles. The molecule has 38 heavy (non-hydrogen) atoms. The van der Waals surface area contributed by atoms with E-state index in [0.29, 0.717) is 24.3 Å². The quantitative estimate of drug-likeness (QED) is 0.178. The van der Waals surface area contributed by atoms with Crippen LogP contribution in [-0.4, -0.2) is 33.2 Å². The standard InChI is InChI=1S/C30H28N6O2/c37-27(33-35-29(23-9-3-1-4-10-23)25-15-19-31-20-16-25)13-7-8-14-28(38)34-36-30(24-11-5-2-6-12-24)26-17-21-32-22-18-26/h1-6,9-12,15-22H,7-8,13-14H2,(H,33,37)(H,34,38). The Kier molecular flexibility index (Phi) is 9.57. The molecule has 2 N–H and O–H groups in total. The highest BCUT2D eigenvalue weighted by molar-refractivity contribution is 6.13. The first-order chi connectivity index (χ1) is 18.7. The molecular formula is C30H28N6O2. The van der Waals surface area contributed by atoms with E-state index in [1.807, 2.05) is 84.9 Å². The van der Waals surface area contributed by atoms with Crippen LogP contribution < -0.4 is 10.9 Å². The van der Waals surface area contributed by atoms with Gasteiger partial charge in [0.2, 0.25) is 11.8 Å². The average Bonchev–Trinajstić information content (AvgIpc) is 2.98. The van der Waals surface area contributed by atoms with E-state index in [-0.39, 0.29) is 24.7 Å². The summed E-state index contributed by atoms with van der Waals surface area (Å²) in [6, 6.07) is 26.6. The lowest BCUT2D eigenvalue weighted by Gasteiger charge is -2.08. The molecule has 4 aromatic rings. The lowest BCUT2D eigenvalue weighted by atomic mass is 10.0. The number of carbonyl (C=O) groups is 2. The average molecular weight is 505 g/mol. The molecule has 2 heterocycles. The minimum absolute atomic E-state index is 0.213. The fourth-order valence-electron chi connectivity index (χ4n) is 3.72. The third kappa shape index (κ3) is 7.76. The molecule has 0 aliphatic carbocycles. The number of aromatic nitrogens is 2. The smallest absolute Gasteiger partial charge is 0.240 e. The van der Waals surface area contributed by atoms with Gasteiger partial charge in [-0.2, -0.15) is 10.2 Å². The zero-order chi connectivity index (χ0) is 26.4. The van der Waals surface area contributed by atoms with E-state index in [2.05, 4.69) is 31.0 Å². The Balaban J connectivity index is 1.28. The molecule has 0 atom stereocenters. The van der Waals surface area contributed by atoms with E-state index >= 15 is 0 Å². The van der Waals surface area contributed by atoms with Crippen LogP contribution in [-0.2, 0) is 9.59 Å². The number of rotatable bonds is 11. The second-order valence-electron chi connectivity index (χ2n) is 8.40. The molecule has 0 aliphatic rings. The van der Waals surface area contributed by atoms with Gasteiger partial charge in [-0.3, -0.25) is 19.6 Å². The number of carbonyl (C=O) groups excluding carboxylic acids is 2. The lowest BCUT2D eigenvalue weighted by Crippen LogP contribution is -2.21. The number of benzene rings is 2. The maximum absolute atomic E-state index is 12.4. The van der Waals surface area contributed by atoms with Crippen LogP contribution in [0.2, 0.25) is 0 Å². The summed E-state index contributed by atoms with van der Waals surface area (Å²) in [5.74, 6) is -0.426. The van der Waals surface area contributed by atoms with Crippen molar-refractivity contribution in [1.82, 2.24) is 20.8 Å². The molecule has 4 rings (SSSR count). The van der Waals surface area contributed by atoms with Gasteiger partial charge in [0.15, 0.2) is 0 Å². The summed E-state index contributed by atoms with van der Waals surface area (Å²) in [5, 5.41) is 8.74. The summed E-state index contributed by atoms with van der Waals surface area (Å²) in [5.41, 5.74) is 10.1. The van der Waals surface area contributed by atoms with E-state index in [9.17, 15) is 9.59 Å². The second-order valence-corrected chi connectivity index (χ2v) is 8.40. The zero-order valence-corrected chi connectivity index (χ0v) is 20.8. The van der Waals surface area contributed by atoms with Crippen LogP contribution in [0, 0.1) is 0 Å². The summed E-state index contributed by atoms with van der Waals surface area (Å²) in [6.45, 7) is 0. The van der Waals surface area contributed by atoms with Crippen molar-refractivity contribution < 1.29 is 9.59 Å². The fraction of sp³-hybridized carbons (Fsp3) is 0.133. The molecule has 2 aromatic heterocycles. The summed E-state index contributed by atoms with van der Waals surface area (Å²) in [7, 11) is 0. The monoisotopic (exact) mass is 504 g/mol. The van der Waals surface area contributed by atoms with Crippen molar-refractivity contribution in [2.24, 2.45) is 10.2 Å². The van der Waals surface area contributed by atoms with Gasteiger partial charge in [-0.05, 0) is 37.1 Å². The Morgan fingerprint density at radius 3 is 1.24 bits per heavy atom. The maximum Gasteiger partial charge on any atom is 0.240 e. The third-order valence-electron chi connectivity index (χ3n) is 5.64. The van der Waals surface area contributed by atoms with Crippen LogP contribution >= 0.6 is 0 Å². The van der Waals surface area contributed by atoms with Gasteiger partial charge < -0.3 is 0 Å². The van der Waals surface area contributed by atoms with Gasteiger partial charge in [0, 0.05) is 59.9 Å². The molecule has 0 unspecified atom stereocenters. The number of hydrazone groups is 2. The van der Waals surface area contributed by atoms with Gasteiger partial charge in [0.1, 0.15) is 0 Å². The summed E-state index contributed by atoms with van der Waals surface area (Å²) in [6.07, 6.45) is 8.34. The molecule has 0 radical (unpaired) electrons. The highest BCUT2D eigenvalue weighted by Gasteiger charge is 2.10. The van der Waals surface area contributed by atoms with Crippen molar-refractivity contribution in [1.29, 1.82) is 0 Å². The molecular weight excluding hydrogens is 476 g/mol. The number of hydrogen-bond acceptors (Lipinski definition) is 6. The Morgan fingerprint density at radius 2 is 0.868 bits per heavy atom.